The maximum Gasteiger partial charge on any atom is 0.245 e. The molecule has 0 aliphatic carbocycles. The molecule has 1 N–H and O–H groups in total. The molecule has 11 nitrogen and oxygen atoms in total. The van der Waals surface area contributed by atoms with E-state index in [1.165, 1.54) is 31.4 Å². The lowest BCUT2D eigenvalue weighted by molar-refractivity contribution is 0.217. The summed E-state index contributed by atoms with van der Waals surface area (Å²) in [6, 6.07) is 8.55. The van der Waals surface area contributed by atoms with E-state index >= 15 is 0 Å². The van der Waals surface area contributed by atoms with E-state index in [-0.39, 0.29) is 0 Å². The normalized spacial score (nSPS) is 17.8. The molecular weight excluding hydrogens is 520 g/mol. The molecule has 3 aromatic heterocycles. The molecule has 41 heavy (non-hydrogen) atoms. The molecule has 0 amide bonds. The van der Waals surface area contributed by atoms with Crippen LogP contribution in [-0.4, -0.2) is 76.1 Å². The van der Waals surface area contributed by atoms with E-state index in [1.54, 1.807) is 27.7 Å². The summed E-state index contributed by atoms with van der Waals surface area (Å²) < 4.78 is 20.6. The number of imidazole rings is 1. The highest BCUT2D eigenvalue weighted by Gasteiger charge is 2.27. The van der Waals surface area contributed by atoms with Crippen LogP contribution in [0.5, 0.6) is 17.2 Å². The zero-order chi connectivity index (χ0) is 28.3. The van der Waals surface area contributed by atoms with Gasteiger partial charge in [-0.3, -0.25) is 4.90 Å². The highest BCUT2D eigenvalue weighted by atomic mass is 16.5. The average Bonchev–Trinajstić information content (AvgIpc) is 3.77. The third-order valence-electron chi connectivity index (χ3n) is 8.29. The van der Waals surface area contributed by atoms with Crippen molar-refractivity contribution in [2.24, 2.45) is 0 Å². The molecule has 5 heterocycles. The highest BCUT2D eigenvalue weighted by molar-refractivity contribution is 5.74. The molecule has 2 aliphatic heterocycles. The second-order valence-corrected chi connectivity index (χ2v) is 10.8. The van der Waals surface area contributed by atoms with Crippen molar-refractivity contribution in [1.82, 2.24) is 29.0 Å². The minimum Gasteiger partial charge on any atom is -0.493 e. The minimum atomic E-state index is 0.459. The minimum absolute atomic E-state index is 0.459. The molecule has 2 fully saturated rings. The largest absolute Gasteiger partial charge is 0.493 e. The van der Waals surface area contributed by atoms with Crippen LogP contribution in [0.2, 0.25) is 0 Å². The number of hydrogen-bond acceptors (Lipinski definition) is 9. The Hall–Kier alpha value is -3.99. The smallest absolute Gasteiger partial charge is 0.245 e. The summed E-state index contributed by atoms with van der Waals surface area (Å²) in [6.45, 7) is 6.38. The first-order valence-electron chi connectivity index (χ1n) is 14.6. The van der Waals surface area contributed by atoms with E-state index in [0.717, 1.165) is 62.0 Å². The van der Waals surface area contributed by atoms with Gasteiger partial charge >= 0.3 is 0 Å². The van der Waals surface area contributed by atoms with Crippen molar-refractivity contribution in [3.05, 3.63) is 42.5 Å². The lowest BCUT2D eigenvalue weighted by atomic mass is 10.1. The molecular formula is C30H40N8O3. The zero-order valence-electron chi connectivity index (χ0n) is 24.5. The number of rotatable bonds is 10. The Kier molecular flexibility index (Phi) is 7.86. The van der Waals surface area contributed by atoms with Crippen LogP contribution >= 0.6 is 0 Å². The third kappa shape index (κ3) is 5.38. The van der Waals surface area contributed by atoms with Gasteiger partial charge in [-0.25, -0.2) is 9.50 Å². The first kappa shape index (κ1) is 27.2. The predicted octanol–water partition coefficient (Wildman–Crippen LogP) is 5.05. The predicted molar refractivity (Wildman–Crippen MR) is 159 cm³/mol. The number of nitrogens with one attached hydrogen (secondary N) is 1. The molecule has 0 bridgehead atoms. The first-order chi connectivity index (χ1) is 20.1. The second-order valence-electron chi connectivity index (χ2n) is 10.8. The van der Waals surface area contributed by atoms with Crippen LogP contribution in [-0.2, 0) is 6.54 Å². The summed E-state index contributed by atoms with van der Waals surface area (Å²) in [5.41, 5.74) is 2.96. The molecule has 4 aromatic rings. The van der Waals surface area contributed by atoms with Gasteiger partial charge in [0.1, 0.15) is 17.7 Å². The van der Waals surface area contributed by atoms with Crippen LogP contribution in [0.15, 0.2) is 36.8 Å². The summed E-state index contributed by atoms with van der Waals surface area (Å²) in [7, 11) is 4.82. The Morgan fingerprint density at radius 3 is 2.44 bits per heavy atom. The summed E-state index contributed by atoms with van der Waals surface area (Å²) in [5, 5.41) is 8.59. The standard InChI is InChI=1S/C30H40N8O3/c1-5-21-10-9-15-37(21)30-33-29(24-12-11-22(38(24)34-30)18-35-13-7-6-8-14-35)32-27-19-36(20-31-27)23-16-25(39-2)28(41-4)26(17-23)40-3/h11-12,16-17,19-21H,5-10,13-15,18H2,1-4H3,(H,32,33,34)/t21-/m1/s1. The van der Waals surface area contributed by atoms with Crippen molar-refractivity contribution in [1.29, 1.82) is 0 Å². The van der Waals surface area contributed by atoms with Gasteiger partial charge in [0.25, 0.3) is 0 Å². The van der Waals surface area contributed by atoms with E-state index in [2.05, 4.69) is 43.7 Å². The molecule has 11 heteroatoms. The van der Waals surface area contributed by atoms with E-state index in [4.69, 9.17) is 24.3 Å². The number of piperidine rings is 1. The van der Waals surface area contributed by atoms with Crippen LogP contribution in [0.3, 0.4) is 0 Å². The fourth-order valence-corrected chi connectivity index (χ4v) is 6.11. The summed E-state index contributed by atoms with van der Waals surface area (Å²) >= 11 is 0. The summed E-state index contributed by atoms with van der Waals surface area (Å²) in [4.78, 5) is 14.6. The Morgan fingerprint density at radius 1 is 0.951 bits per heavy atom. The van der Waals surface area contributed by atoms with Crippen molar-refractivity contribution in [2.45, 2.75) is 58.0 Å². The first-order valence-corrected chi connectivity index (χ1v) is 14.6. The van der Waals surface area contributed by atoms with Crippen molar-refractivity contribution in [2.75, 3.05) is 51.2 Å². The van der Waals surface area contributed by atoms with Gasteiger partial charge in [0.15, 0.2) is 17.3 Å². The molecule has 2 aliphatic rings. The number of aromatic nitrogens is 5. The number of benzene rings is 1. The van der Waals surface area contributed by atoms with Crippen LogP contribution in [0.1, 0.15) is 51.1 Å². The van der Waals surface area contributed by atoms with Gasteiger partial charge in [-0.05, 0) is 57.3 Å². The van der Waals surface area contributed by atoms with Crippen molar-refractivity contribution >= 4 is 23.1 Å². The Labute approximate surface area is 241 Å². The van der Waals surface area contributed by atoms with Crippen LogP contribution in [0.4, 0.5) is 17.6 Å². The number of ether oxygens (including phenoxy) is 3. The highest BCUT2D eigenvalue weighted by Crippen LogP contribution is 2.39. The lowest BCUT2D eigenvalue weighted by Crippen LogP contribution is -2.32. The topological polar surface area (TPSA) is 94.2 Å². The molecule has 218 valence electrons. The average molecular weight is 561 g/mol. The van der Waals surface area contributed by atoms with Crippen LogP contribution < -0.4 is 24.4 Å². The van der Waals surface area contributed by atoms with Gasteiger partial charge in [0, 0.05) is 31.3 Å². The third-order valence-corrected chi connectivity index (χ3v) is 8.29. The van der Waals surface area contributed by atoms with E-state index in [9.17, 15) is 0 Å². The van der Waals surface area contributed by atoms with Gasteiger partial charge < -0.3 is 29.0 Å². The molecule has 0 radical (unpaired) electrons. The van der Waals surface area contributed by atoms with Crippen LogP contribution in [0.25, 0.3) is 11.2 Å². The number of methoxy groups -OCH3 is 3. The number of fused-ring (bicyclic) bond motifs is 1. The molecule has 0 spiro atoms. The number of hydrogen-bond donors (Lipinski definition) is 1. The van der Waals surface area contributed by atoms with Crippen molar-refractivity contribution in [3.63, 3.8) is 0 Å². The maximum atomic E-state index is 5.55. The number of anilines is 3. The van der Waals surface area contributed by atoms with Gasteiger partial charge in [0.05, 0.1) is 38.9 Å². The fraction of sp³-hybridized carbons (Fsp3) is 0.500. The Balaban J connectivity index is 1.35. The molecule has 2 saturated heterocycles. The molecule has 1 atom stereocenters. The SMILES string of the molecule is CC[C@@H]1CCCN1c1nc(Nc2cn(-c3cc(OC)c(OC)c(OC)c3)cn2)c2ccc(CN3CCCCC3)n2n1. The Morgan fingerprint density at radius 2 is 1.73 bits per heavy atom. The van der Waals surface area contributed by atoms with Crippen molar-refractivity contribution < 1.29 is 14.2 Å². The molecule has 1 aromatic carbocycles. The van der Waals surface area contributed by atoms with Gasteiger partial charge in [-0.1, -0.05) is 13.3 Å². The van der Waals surface area contributed by atoms with Gasteiger partial charge in [-0.15, -0.1) is 5.10 Å². The molecule has 0 unspecified atom stereocenters. The number of likely N-dealkylation sites (tertiary alicyclic amines) is 1. The van der Waals surface area contributed by atoms with E-state index in [0.29, 0.717) is 29.1 Å². The van der Waals surface area contributed by atoms with Crippen molar-refractivity contribution in [3.8, 4) is 22.9 Å². The summed E-state index contributed by atoms with van der Waals surface area (Å²) in [6.07, 6.45) is 10.9. The monoisotopic (exact) mass is 560 g/mol. The Bertz CT molecular complexity index is 1470. The maximum absolute atomic E-state index is 5.55. The van der Waals surface area contributed by atoms with Gasteiger partial charge in [0.2, 0.25) is 11.7 Å². The molecule has 0 saturated carbocycles. The zero-order valence-corrected chi connectivity index (χ0v) is 24.5. The molecule has 6 rings (SSSR count). The van der Waals surface area contributed by atoms with Gasteiger partial charge in [-0.2, -0.15) is 4.98 Å². The van der Waals surface area contributed by atoms with E-state index in [1.807, 2.05) is 22.9 Å². The fourth-order valence-electron chi connectivity index (χ4n) is 6.11. The quantitative estimate of drug-likeness (QED) is 0.286. The lowest BCUT2D eigenvalue weighted by Gasteiger charge is -2.27. The van der Waals surface area contributed by atoms with E-state index < -0.39 is 0 Å². The summed E-state index contributed by atoms with van der Waals surface area (Å²) in [5.74, 6) is 3.91. The number of nitrogens with zero attached hydrogens (tertiary/aromatic N) is 7. The second kappa shape index (κ2) is 11.9. The van der Waals surface area contributed by atoms with Crippen LogP contribution in [0, 0.1) is 0 Å².